The van der Waals surface area contributed by atoms with Crippen LogP contribution in [0.4, 0.5) is 5.69 Å². The average Bonchev–Trinajstić information content (AvgIpc) is 2.53. The number of benzene rings is 2. The van der Waals surface area contributed by atoms with E-state index in [-0.39, 0.29) is 11.8 Å². The van der Waals surface area contributed by atoms with Crippen LogP contribution in [0.15, 0.2) is 54.6 Å². The van der Waals surface area contributed by atoms with Crippen LogP contribution < -0.4 is 10.6 Å². The molecule has 2 amide bonds. The molecule has 0 unspecified atom stereocenters. The van der Waals surface area contributed by atoms with Gasteiger partial charge < -0.3 is 10.6 Å². The highest BCUT2D eigenvalue weighted by Gasteiger charge is 2.00. The summed E-state index contributed by atoms with van der Waals surface area (Å²) < 4.78 is 0. The number of carbonyl (C=O) groups excluding carboxylic acids is 2. The van der Waals surface area contributed by atoms with Crippen LogP contribution in [0.3, 0.4) is 0 Å². The predicted molar refractivity (Wildman–Crippen MR) is 92.8 cm³/mol. The number of hydrogen-bond acceptors (Lipinski definition) is 2. The lowest BCUT2D eigenvalue weighted by Crippen LogP contribution is -2.20. The first kappa shape index (κ1) is 16.5. The van der Waals surface area contributed by atoms with Crippen molar-refractivity contribution in [2.75, 3.05) is 5.32 Å². The first-order chi connectivity index (χ1) is 11.0. The van der Waals surface area contributed by atoms with Gasteiger partial charge in [0.15, 0.2) is 0 Å². The van der Waals surface area contributed by atoms with Gasteiger partial charge in [0.2, 0.25) is 11.8 Å². The highest BCUT2D eigenvalue weighted by atomic mass is 16.2. The number of amides is 2. The maximum Gasteiger partial charge on any atom is 0.244 e. The van der Waals surface area contributed by atoms with Crippen molar-refractivity contribution in [3.05, 3.63) is 71.3 Å². The second kappa shape index (κ2) is 7.94. The summed E-state index contributed by atoms with van der Waals surface area (Å²) in [6.07, 6.45) is 3.25. The quantitative estimate of drug-likeness (QED) is 0.833. The van der Waals surface area contributed by atoms with Gasteiger partial charge in [0.1, 0.15) is 0 Å². The van der Waals surface area contributed by atoms with Gasteiger partial charge in [0, 0.05) is 25.2 Å². The molecule has 4 nitrogen and oxygen atoms in total. The van der Waals surface area contributed by atoms with E-state index in [0.717, 1.165) is 22.4 Å². The summed E-state index contributed by atoms with van der Waals surface area (Å²) in [6.45, 7) is 4.00. The van der Waals surface area contributed by atoms with E-state index in [1.165, 1.54) is 13.0 Å². The molecule has 0 radical (unpaired) electrons. The average molecular weight is 308 g/mol. The highest BCUT2D eigenvalue weighted by Crippen LogP contribution is 2.11. The van der Waals surface area contributed by atoms with Crippen molar-refractivity contribution in [3.63, 3.8) is 0 Å². The number of hydrogen-bond donors (Lipinski definition) is 2. The third-order valence-electron chi connectivity index (χ3n) is 3.37. The Morgan fingerprint density at radius 3 is 2.39 bits per heavy atom. The molecule has 0 atom stereocenters. The zero-order valence-corrected chi connectivity index (χ0v) is 13.3. The van der Waals surface area contributed by atoms with Crippen LogP contribution >= 0.6 is 0 Å². The summed E-state index contributed by atoms with van der Waals surface area (Å²) in [4.78, 5) is 22.8. The molecule has 118 valence electrons. The van der Waals surface area contributed by atoms with Gasteiger partial charge in [-0.25, -0.2) is 0 Å². The number of aryl methyl sites for hydroxylation is 1. The topological polar surface area (TPSA) is 58.2 Å². The predicted octanol–water partition coefficient (Wildman–Crippen LogP) is 3.28. The Hall–Kier alpha value is -2.88. The van der Waals surface area contributed by atoms with E-state index in [1.54, 1.807) is 18.2 Å². The fourth-order valence-electron chi connectivity index (χ4n) is 2.10. The zero-order chi connectivity index (χ0) is 16.7. The Bertz CT molecular complexity index is 718. The Kier molecular flexibility index (Phi) is 5.69. The number of carbonyl (C=O) groups is 2. The highest BCUT2D eigenvalue weighted by molar-refractivity contribution is 5.92. The molecule has 2 aromatic rings. The van der Waals surface area contributed by atoms with Gasteiger partial charge in [-0.05, 0) is 41.8 Å². The smallest absolute Gasteiger partial charge is 0.244 e. The third-order valence-corrected chi connectivity index (χ3v) is 3.37. The summed E-state index contributed by atoms with van der Waals surface area (Å²) in [5.74, 6) is -0.247. The molecular formula is C19H20N2O2. The summed E-state index contributed by atoms with van der Waals surface area (Å²) >= 11 is 0. The molecule has 0 aromatic heterocycles. The van der Waals surface area contributed by atoms with Crippen LogP contribution in [-0.2, 0) is 16.1 Å². The van der Waals surface area contributed by atoms with Gasteiger partial charge >= 0.3 is 0 Å². The lowest BCUT2D eigenvalue weighted by Gasteiger charge is -2.05. The van der Waals surface area contributed by atoms with Gasteiger partial charge in [-0.2, -0.15) is 0 Å². The van der Waals surface area contributed by atoms with Crippen LogP contribution in [0.25, 0.3) is 6.08 Å². The van der Waals surface area contributed by atoms with Gasteiger partial charge in [-0.3, -0.25) is 9.59 Å². The standard InChI is InChI=1S/C19H20N2O2/c1-14-5-3-4-6-17(14)13-20-19(23)12-9-16-7-10-18(11-8-16)21-15(2)22/h3-12H,13H2,1-2H3,(H,20,23)(H,21,22)/b12-9+. The second-order valence-electron chi connectivity index (χ2n) is 5.28. The van der Waals surface area contributed by atoms with E-state index in [1.807, 2.05) is 43.3 Å². The molecule has 0 spiro atoms. The van der Waals surface area contributed by atoms with Crippen LogP contribution in [0.1, 0.15) is 23.6 Å². The fraction of sp³-hybridized carbons (Fsp3) is 0.158. The van der Waals surface area contributed by atoms with E-state index < -0.39 is 0 Å². The van der Waals surface area contributed by atoms with Gasteiger partial charge in [-0.1, -0.05) is 36.4 Å². The third kappa shape index (κ3) is 5.43. The molecule has 2 aromatic carbocycles. The van der Waals surface area contributed by atoms with Crippen LogP contribution in [0, 0.1) is 6.92 Å². The van der Waals surface area contributed by atoms with Crippen molar-refractivity contribution < 1.29 is 9.59 Å². The van der Waals surface area contributed by atoms with Crippen molar-refractivity contribution in [2.45, 2.75) is 20.4 Å². The minimum atomic E-state index is -0.140. The second-order valence-corrected chi connectivity index (χ2v) is 5.28. The van der Waals surface area contributed by atoms with Crippen molar-refractivity contribution in [3.8, 4) is 0 Å². The normalized spacial score (nSPS) is 10.5. The SMILES string of the molecule is CC(=O)Nc1ccc(/C=C/C(=O)NCc2ccccc2C)cc1. The zero-order valence-electron chi connectivity index (χ0n) is 13.3. The number of nitrogens with one attached hydrogen (secondary N) is 2. The summed E-state index contributed by atoms with van der Waals surface area (Å²) in [5.41, 5.74) is 3.89. The molecule has 0 fully saturated rings. The molecule has 0 aliphatic carbocycles. The van der Waals surface area contributed by atoms with Crippen molar-refractivity contribution in [2.24, 2.45) is 0 Å². The minimum absolute atomic E-state index is 0.108. The lowest BCUT2D eigenvalue weighted by molar-refractivity contribution is -0.116. The first-order valence-corrected chi connectivity index (χ1v) is 7.42. The van der Waals surface area contributed by atoms with Crippen molar-refractivity contribution >= 4 is 23.6 Å². The van der Waals surface area contributed by atoms with Crippen LogP contribution in [0.5, 0.6) is 0 Å². The Balaban J connectivity index is 1.88. The van der Waals surface area contributed by atoms with E-state index in [9.17, 15) is 9.59 Å². The molecule has 2 rings (SSSR count). The van der Waals surface area contributed by atoms with Gasteiger partial charge in [0.25, 0.3) is 0 Å². The molecular weight excluding hydrogens is 288 g/mol. The maximum absolute atomic E-state index is 11.9. The van der Waals surface area contributed by atoms with Crippen LogP contribution in [-0.4, -0.2) is 11.8 Å². The van der Waals surface area contributed by atoms with E-state index >= 15 is 0 Å². The summed E-state index contributed by atoms with van der Waals surface area (Å²) in [5, 5.41) is 5.56. The molecule has 0 saturated carbocycles. The molecule has 0 heterocycles. The minimum Gasteiger partial charge on any atom is -0.348 e. The number of rotatable bonds is 5. The van der Waals surface area contributed by atoms with E-state index in [2.05, 4.69) is 10.6 Å². The van der Waals surface area contributed by atoms with Gasteiger partial charge in [-0.15, -0.1) is 0 Å². The van der Waals surface area contributed by atoms with Gasteiger partial charge in [0.05, 0.1) is 0 Å². The van der Waals surface area contributed by atoms with Crippen molar-refractivity contribution in [1.82, 2.24) is 5.32 Å². The molecule has 0 bridgehead atoms. The molecule has 0 saturated heterocycles. The van der Waals surface area contributed by atoms with Crippen LogP contribution in [0.2, 0.25) is 0 Å². The molecule has 2 N–H and O–H groups in total. The summed E-state index contributed by atoms with van der Waals surface area (Å²) in [6, 6.07) is 15.2. The molecule has 4 heteroatoms. The Morgan fingerprint density at radius 2 is 1.74 bits per heavy atom. The Labute approximate surface area is 136 Å². The maximum atomic E-state index is 11.9. The monoisotopic (exact) mass is 308 g/mol. The largest absolute Gasteiger partial charge is 0.348 e. The van der Waals surface area contributed by atoms with E-state index in [4.69, 9.17) is 0 Å². The fourth-order valence-corrected chi connectivity index (χ4v) is 2.10. The van der Waals surface area contributed by atoms with Crippen molar-refractivity contribution in [1.29, 1.82) is 0 Å². The molecule has 23 heavy (non-hydrogen) atoms. The van der Waals surface area contributed by atoms with E-state index in [0.29, 0.717) is 6.54 Å². The lowest BCUT2D eigenvalue weighted by atomic mass is 10.1. The molecule has 0 aliphatic heterocycles. The first-order valence-electron chi connectivity index (χ1n) is 7.42. The Morgan fingerprint density at radius 1 is 1.04 bits per heavy atom. The number of anilines is 1. The summed E-state index contributed by atoms with van der Waals surface area (Å²) in [7, 11) is 0. The molecule has 0 aliphatic rings.